The van der Waals surface area contributed by atoms with Gasteiger partial charge in [-0.1, -0.05) is 89.3 Å². The number of aliphatic hydroxyl groups excluding tert-OH is 1. The number of rotatable bonds is 37. The molecular weight excluding hydrogens is 1640 g/mol. The van der Waals surface area contributed by atoms with Crippen LogP contribution in [0.5, 0.6) is 0 Å². The number of hydrogen-bond donors (Lipinski definition) is 5. The number of benzene rings is 2. The molecule has 3 amide bonds. The highest BCUT2D eigenvalue weighted by molar-refractivity contribution is 6.39. The number of amides is 3. The first-order chi connectivity index (χ1) is 61.3. The van der Waals surface area contributed by atoms with Crippen LogP contribution in [0.3, 0.4) is 0 Å². The van der Waals surface area contributed by atoms with Crippen LogP contribution in [0.4, 0.5) is 16.6 Å². The standard InChI is InChI=1S/C93H134N10O24/c1-59-16-12-11-13-17-60(2)77(113-8)54-71-24-19-65(7)93(112,127-71)86(108)89(109)102-30-15-14-18-73(102)90(110)124-78(55-74(104)61(3)49-64(6)84(107)85(115-10)83(106)63(5)48-59)62(4)50-66-21-25-76(79(52-66)114-9)126-92(111)96-29-33-117-35-37-119-39-41-121-43-45-123-47-46-122-44-42-120-40-38-118-36-34-116-32-28-80(105)101-31-27-68-51-67(20-22-70(68)57-101)56-103-88-81(87(94)97-58-98-88)82(100-103)69-23-26-75-72(53-69)99-91(95)125-75/h11-13,16-17,20,22-23,26,49,51,53,58-59,61-63,65-66,71,73,76-79,84-85,107,112H,14-15,18-19,21,24-25,27-48,50,52,54-57H2,1-10H3,(H2,95,99)(H,96,111)(H2,94,97,98)/b13-11+,16-12+,60-17+,64-49+/t59-,61?,62-,63-,65-,66+,71+,73+,76-,77+,78+,79-,84-,85+,93-/m1/s1. The van der Waals surface area contributed by atoms with Crippen molar-refractivity contribution in [3.05, 3.63) is 107 Å². The molecule has 15 atom stereocenters. The van der Waals surface area contributed by atoms with E-state index in [1.165, 1.54) is 23.9 Å². The fourth-order valence-electron chi connectivity index (χ4n) is 17.1. The minimum absolute atomic E-state index is 0.0193. The third kappa shape index (κ3) is 29.3. The lowest BCUT2D eigenvalue weighted by Gasteiger charge is -2.42. The highest BCUT2D eigenvalue weighted by atomic mass is 16.6. The number of nitrogens with two attached hydrogens (primary N) is 2. The number of nitrogens with one attached hydrogen (secondary N) is 1. The zero-order chi connectivity index (χ0) is 90.9. The molecule has 2 saturated heterocycles. The molecule has 3 aromatic heterocycles. The van der Waals surface area contributed by atoms with Crippen molar-refractivity contribution >= 4 is 75.2 Å². The lowest BCUT2D eigenvalue weighted by Crippen LogP contribution is -2.61. The summed E-state index contributed by atoms with van der Waals surface area (Å²) in [5.74, 6) is -8.31. The van der Waals surface area contributed by atoms with Crippen molar-refractivity contribution in [1.82, 2.24) is 39.8 Å². The number of hydrogen-bond acceptors (Lipinski definition) is 30. The van der Waals surface area contributed by atoms with E-state index in [1.807, 2.05) is 72.9 Å². The maximum atomic E-state index is 14.8. The van der Waals surface area contributed by atoms with E-state index in [0.717, 1.165) is 28.7 Å². The molecule has 5 aromatic rings. The average molecular weight is 1780 g/mol. The number of cyclic esters (lactones) is 1. The minimum Gasteiger partial charge on any atom is -0.460 e. The average Bonchev–Trinajstić information content (AvgIpc) is 1.71. The first-order valence-electron chi connectivity index (χ1n) is 44.8. The first-order valence-corrected chi connectivity index (χ1v) is 44.8. The molecule has 1 aliphatic carbocycles. The lowest BCUT2D eigenvalue weighted by atomic mass is 9.78. The smallest absolute Gasteiger partial charge is 0.407 e. The van der Waals surface area contributed by atoms with Gasteiger partial charge < -0.3 is 108 Å². The lowest BCUT2D eigenvalue weighted by molar-refractivity contribution is -0.265. The van der Waals surface area contributed by atoms with Crippen molar-refractivity contribution in [3.8, 4) is 11.3 Å². The summed E-state index contributed by atoms with van der Waals surface area (Å²) in [7, 11) is 4.49. The van der Waals surface area contributed by atoms with Crippen LogP contribution in [0.2, 0.25) is 0 Å². The Bertz CT molecular complexity index is 4510. The van der Waals surface area contributed by atoms with Crippen LogP contribution in [0.25, 0.3) is 33.4 Å². The van der Waals surface area contributed by atoms with Crippen molar-refractivity contribution in [2.45, 2.75) is 206 Å². The molecule has 5 aliphatic rings. The quantitative estimate of drug-likeness (QED) is 0.0107. The Balaban J connectivity index is 0.552. The third-order valence-electron chi connectivity index (χ3n) is 24.5. The Kier molecular flexibility index (Phi) is 40.2. The second kappa shape index (κ2) is 50.9. The molecule has 7 heterocycles. The van der Waals surface area contributed by atoms with Gasteiger partial charge in [-0.15, -0.1) is 0 Å². The number of piperidine rings is 1. The van der Waals surface area contributed by atoms with Gasteiger partial charge in [-0.25, -0.2) is 24.2 Å². The van der Waals surface area contributed by atoms with Gasteiger partial charge in [0.05, 0.1) is 142 Å². The second-order valence-electron chi connectivity index (χ2n) is 33.9. The predicted molar refractivity (Wildman–Crippen MR) is 470 cm³/mol. The summed E-state index contributed by atoms with van der Waals surface area (Å²) in [6, 6.07) is 10.7. The number of nitrogens with zero attached hydrogens (tertiary/aromatic N) is 7. The van der Waals surface area contributed by atoms with Crippen LogP contribution in [0.15, 0.2) is 94.7 Å². The molecule has 10 rings (SSSR count). The largest absolute Gasteiger partial charge is 0.460 e. The predicted octanol–water partition coefficient (Wildman–Crippen LogP) is 9.18. The fraction of sp³-hybridized carbons (Fsp3) is 0.645. The zero-order valence-corrected chi connectivity index (χ0v) is 75.5. The molecule has 0 radical (unpaired) electrons. The molecule has 7 N–H and O–H groups in total. The molecule has 34 heteroatoms. The number of aliphatic hydroxyl groups is 2. The number of methoxy groups -OCH3 is 3. The normalized spacial score (nSPS) is 27.0. The Morgan fingerprint density at radius 2 is 1.39 bits per heavy atom. The number of oxazole rings is 1. The fourth-order valence-corrected chi connectivity index (χ4v) is 17.1. The number of allylic oxidation sites excluding steroid dienone is 6. The van der Waals surface area contributed by atoms with E-state index in [4.69, 9.17) is 87.3 Å². The van der Waals surface area contributed by atoms with Crippen molar-refractivity contribution < 1.29 is 115 Å². The van der Waals surface area contributed by atoms with Gasteiger partial charge in [-0.2, -0.15) is 10.1 Å². The third-order valence-corrected chi connectivity index (χ3v) is 24.5. The molecule has 1 unspecified atom stereocenters. The van der Waals surface area contributed by atoms with Crippen LogP contribution in [-0.4, -0.2) is 287 Å². The molecule has 2 aromatic carbocycles. The SMILES string of the molecule is CO[C@H]1C[C@@H]2CC[C@@H](C)[C@@](O)(O2)C(=O)C(=O)N2CCCC[C@H]2C(=O)O[C@H]([C@H](C)C[C@@H]2CC[C@@H](OC(=O)NCCOCCOCCOCCOCCOCCOCCOCCOCCC(=O)N3CCc4cc(Cn5nc(-c6ccc7oc(N)nc7c6)c6c(N)ncnc65)ccc4C3)[C@H](OC)C2)CC(=O)C(C)/C=C(\C)[C@@H](O)[C@@H](OC)C(=O)[C@H](C)C[C@H](C)/C=C/C=C/C=C/1C. The zero-order valence-electron chi connectivity index (χ0n) is 75.5. The molecule has 1 saturated carbocycles. The molecule has 0 spiro atoms. The number of aromatic nitrogens is 5. The summed E-state index contributed by atoms with van der Waals surface area (Å²) in [6.45, 7) is 20.2. The number of alkyl carbamates (subject to hydrolysis) is 1. The summed E-state index contributed by atoms with van der Waals surface area (Å²) in [5, 5.41) is 32.1. The Labute approximate surface area is 744 Å². The van der Waals surface area contributed by atoms with Gasteiger partial charge in [0.25, 0.3) is 17.7 Å². The summed E-state index contributed by atoms with van der Waals surface area (Å²) in [6.07, 6.45) is 11.8. The monoisotopic (exact) mass is 1770 g/mol. The van der Waals surface area contributed by atoms with E-state index in [9.17, 15) is 43.8 Å². The van der Waals surface area contributed by atoms with Gasteiger partial charge in [-0.05, 0) is 148 Å². The van der Waals surface area contributed by atoms with Crippen molar-refractivity contribution in [2.75, 3.05) is 158 Å². The summed E-state index contributed by atoms with van der Waals surface area (Å²) in [4.78, 5) is 115. The van der Waals surface area contributed by atoms with Gasteiger partial charge >= 0.3 is 12.1 Å². The van der Waals surface area contributed by atoms with Gasteiger partial charge in [-0.3, -0.25) is 24.0 Å². The van der Waals surface area contributed by atoms with E-state index in [2.05, 4.69) is 38.5 Å². The first kappa shape index (κ1) is 100. The van der Waals surface area contributed by atoms with Crippen LogP contribution in [0, 0.1) is 35.5 Å². The molecule has 34 nitrogen and oxygen atoms in total. The van der Waals surface area contributed by atoms with E-state index < -0.39 is 102 Å². The number of Topliss-reactive ketones (excluding diaryl/α,β-unsaturated/α-hetero) is 3. The highest BCUT2D eigenvalue weighted by Crippen LogP contribution is 2.40. The van der Waals surface area contributed by atoms with Gasteiger partial charge in [0.15, 0.2) is 17.0 Å². The van der Waals surface area contributed by atoms with Crippen LogP contribution in [-0.2, 0) is 115 Å². The number of fused-ring (bicyclic) bond motifs is 6. The summed E-state index contributed by atoms with van der Waals surface area (Å²) >= 11 is 0. The van der Waals surface area contributed by atoms with E-state index in [-0.39, 0.29) is 80.7 Å². The Morgan fingerprint density at radius 1 is 0.709 bits per heavy atom. The van der Waals surface area contributed by atoms with Crippen LogP contribution in [0.1, 0.15) is 149 Å². The van der Waals surface area contributed by atoms with Crippen molar-refractivity contribution in [1.29, 1.82) is 0 Å². The maximum absolute atomic E-state index is 14.8. The van der Waals surface area contributed by atoms with Gasteiger partial charge in [0, 0.05) is 83.7 Å². The van der Waals surface area contributed by atoms with E-state index >= 15 is 0 Å². The molecule has 700 valence electrons. The van der Waals surface area contributed by atoms with E-state index in [0.29, 0.717) is 216 Å². The highest BCUT2D eigenvalue weighted by Gasteiger charge is 2.53. The molecule has 4 aliphatic heterocycles. The molecule has 2 bridgehead atoms. The number of nitrogen functional groups attached to an aromatic ring is 2. The molecule has 3 fully saturated rings. The van der Waals surface area contributed by atoms with Crippen LogP contribution >= 0.6 is 0 Å². The Hall–Kier alpha value is -8.85. The second-order valence-corrected chi connectivity index (χ2v) is 33.9. The van der Waals surface area contributed by atoms with Crippen molar-refractivity contribution in [2.24, 2.45) is 35.5 Å². The number of anilines is 2. The number of carbonyl (C=O) groups excluding carboxylic acids is 7. The topological polar surface area (TPSA) is 429 Å². The summed E-state index contributed by atoms with van der Waals surface area (Å²) < 4.78 is 88.3. The number of esters is 1. The number of ketones is 3. The summed E-state index contributed by atoms with van der Waals surface area (Å²) in [5.41, 5.74) is 19.9. The van der Waals surface area contributed by atoms with Gasteiger partial charge in [0.2, 0.25) is 11.7 Å². The van der Waals surface area contributed by atoms with Crippen LogP contribution < -0.4 is 16.8 Å². The molecular formula is C93H134N10O24. The maximum Gasteiger partial charge on any atom is 0.407 e. The molecule has 127 heavy (non-hydrogen) atoms. The number of carbonyl (C=O) groups is 7. The number of ether oxygens (including phenoxy) is 14. The van der Waals surface area contributed by atoms with Gasteiger partial charge in [0.1, 0.15) is 59.6 Å². The minimum atomic E-state index is -2.48. The Morgan fingerprint density at radius 3 is 2.06 bits per heavy atom. The van der Waals surface area contributed by atoms with E-state index in [1.54, 1.807) is 54.1 Å². The van der Waals surface area contributed by atoms with Crippen molar-refractivity contribution in [3.63, 3.8) is 0 Å².